The van der Waals surface area contributed by atoms with Gasteiger partial charge in [-0.3, -0.25) is 9.59 Å². The van der Waals surface area contributed by atoms with E-state index in [9.17, 15) is 9.59 Å². The Hall–Kier alpha value is -1.95. The van der Waals surface area contributed by atoms with E-state index in [-0.39, 0.29) is 16.5 Å². The molecule has 2 amide bonds. The molecule has 6 nitrogen and oxygen atoms in total. The zero-order chi connectivity index (χ0) is 13.9. The molecule has 1 aromatic rings. The zero-order valence-corrected chi connectivity index (χ0v) is 10.8. The maximum atomic E-state index is 11.4. The number of hydrogen-bond donors (Lipinski definition) is 4. The second kappa shape index (κ2) is 5.59. The summed E-state index contributed by atoms with van der Waals surface area (Å²) in [7, 11) is 1.51. The number of nitrogen functional groups attached to an aromatic ring is 1. The smallest absolute Gasteiger partial charge is 0.250 e. The van der Waals surface area contributed by atoms with E-state index >= 15 is 0 Å². The number of nitrogens with two attached hydrogens (primary N) is 2. The fraction of sp³-hybridized carbons (Fsp3) is 0.273. The molecule has 1 rings (SSSR count). The normalized spacial score (nSPS) is 11.7. The number of anilines is 2. The van der Waals surface area contributed by atoms with E-state index < -0.39 is 11.9 Å². The molecule has 0 fully saturated rings. The summed E-state index contributed by atoms with van der Waals surface area (Å²) in [4.78, 5) is 22.7. The van der Waals surface area contributed by atoms with Gasteiger partial charge in [-0.15, -0.1) is 0 Å². The Morgan fingerprint density at radius 1 is 1.39 bits per heavy atom. The quantitative estimate of drug-likeness (QED) is 0.599. The van der Waals surface area contributed by atoms with Crippen molar-refractivity contribution in [2.45, 2.75) is 13.0 Å². The van der Waals surface area contributed by atoms with Crippen molar-refractivity contribution in [2.24, 2.45) is 5.73 Å². The van der Waals surface area contributed by atoms with E-state index in [1.807, 2.05) is 0 Å². The van der Waals surface area contributed by atoms with Crippen LogP contribution in [-0.2, 0) is 4.79 Å². The number of carbonyl (C=O) groups excluding carboxylic acids is 2. The standard InChI is InChI=1S/C11H15ClN4O2/c1-5(11(18)15-2)16-9-7(10(14)17)3-6(13)4-8(9)12/h3-5,16H,13H2,1-2H3,(H2,14,17)(H,15,18). The van der Waals surface area contributed by atoms with Crippen LogP contribution in [0.1, 0.15) is 17.3 Å². The number of nitrogens with one attached hydrogen (secondary N) is 2. The average molecular weight is 271 g/mol. The largest absolute Gasteiger partial charge is 0.399 e. The molecule has 0 aromatic heterocycles. The SMILES string of the molecule is CNC(=O)C(C)Nc1c(Cl)cc(N)cc1C(N)=O. The number of rotatable bonds is 4. The molecule has 98 valence electrons. The highest BCUT2D eigenvalue weighted by molar-refractivity contribution is 6.34. The van der Waals surface area contributed by atoms with Crippen LogP contribution >= 0.6 is 11.6 Å². The van der Waals surface area contributed by atoms with Gasteiger partial charge in [0, 0.05) is 12.7 Å². The summed E-state index contributed by atoms with van der Waals surface area (Å²) in [5, 5.41) is 5.55. The van der Waals surface area contributed by atoms with Crippen molar-refractivity contribution in [1.82, 2.24) is 5.32 Å². The van der Waals surface area contributed by atoms with Crippen LogP contribution in [0.15, 0.2) is 12.1 Å². The molecule has 0 heterocycles. The van der Waals surface area contributed by atoms with Crippen LogP contribution in [0.2, 0.25) is 5.02 Å². The van der Waals surface area contributed by atoms with Gasteiger partial charge < -0.3 is 22.1 Å². The first-order chi connectivity index (χ1) is 8.36. The molecule has 1 unspecified atom stereocenters. The first kappa shape index (κ1) is 14.1. The third kappa shape index (κ3) is 3.04. The zero-order valence-electron chi connectivity index (χ0n) is 10.1. The van der Waals surface area contributed by atoms with Crippen molar-refractivity contribution in [1.29, 1.82) is 0 Å². The molecule has 1 aromatic carbocycles. The Morgan fingerprint density at radius 2 is 2.00 bits per heavy atom. The van der Waals surface area contributed by atoms with Crippen molar-refractivity contribution in [2.75, 3.05) is 18.1 Å². The lowest BCUT2D eigenvalue weighted by Gasteiger charge is -2.17. The van der Waals surface area contributed by atoms with E-state index in [1.165, 1.54) is 19.2 Å². The Bertz CT molecular complexity index is 490. The first-order valence-electron chi connectivity index (χ1n) is 5.23. The number of carbonyl (C=O) groups is 2. The van der Waals surface area contributed by atoms with E-state index in [1.54, 1.807) is 6.92 Å². The highest BCUT2D eigenvalue weighted by Crippen LogP contribution is 2.29. The summed E-state index contributed by atoms with van der Waals surface area (Å²) in [5.74, 6) is -0.908. The molecule has 0 saturated heterocycles. The maximum absolute atomic E-state index is 11.4. The van der Waals surface area contributed by atoms with Crippen LogP contribution in [0.3, 0.4) is 0 Å². The van der Waals surface area contributed by atoms with Gasteiger partial charge >= 0.3 is 0 Å². The van der Waals surface area contributed by atoms with Crippen molar-refractivity contribution < 1.29 is 9.59 Å². The molecular weight excluding hydrogens is 256 g/mol. The van der Waals surface area contributed by atoms with Crippen LogP contribution in [-0.4, -0.2) is 24.9 Å². The first-order valence-corrected chi connectivity index (χ1v) is 5.61. The molecule has 1 atom stereocenters. The third-order valence-electron chi connectivity index (χ3n) is 2.38. The van der Waals surface area contributed by atoms with Gasteiger partial charge in [-0.05, 0) is 19.1 Å². The van der Waals surface area contributed by atoms with Crippen LogP contribution in [0.5, 0.6) is 0 Å². The van der Waals surface area contributed by atoms with E-state index in [2.05, 4.69) is 10.6 Å². The number of benzene rings is 1. The van der Waals surface area contributed by atoms with Gasteiger partial charge in [-0.1, -0.05) is 11.6 Å². The average Bonchev–Trinajstić information content (AvgIpc) is 2.30. The van der Waals surface area contributed by atoms with Crippen LogP contribution in [0.4, 0.5) is 11.4 Å². The maximum Gasteiger partial charge on any atom is 0.250 e. The lowest BCUT2D eigenvalue weighted by Crippen LogP contribution is -2.36. The molecule has 0 aliphatic carbocycles. The molecular formula is C11H15ClN4O2. The number of amides is 2. The van der Waals surface area contributed by atoms with E-state index in [0.29, 0.717) is 11.4 Å². The van der Waals surface area contributed by atoms with E-state index in [0.717, 1.165) is 0 Å². The Balaban J connectivity index is 3.15. The molecule has 0 saturated carbocycles. The Morgan fingerprint density at radius 3 is 2.50 bits per heavy atom. The summed E-state index contributed by atoms with van der Waals surface area (Å²) < 4.78 is 0. The van der Waals surface area contributed by atoms with Crippen LogP contribution in [0.25, 0.3) is 0 Å². The minimum atomic E-state index is -0.671. The van der Waals surface area contributed by atoms with Crippen molar-refractivity contribution in [3.63, 3.8) is 0 Å². The molecule has 0 aliphatic rings. The fourth-order valence-electron chi connectivity index (χ4n) is 1.47. The Labute approximate surface area is 110 Å². The van der Waals surface area contributed by atoms with Gasteiger partial charge in [0.05, 0.1) is 16.3 Å². The topological polar surface area (TPSA) is 110 Å². The van der Waals surface area contributed by atoms with Gasteiger partial charge in [0.2, 0.25) is 5.91 Å². The summed E-state index contributed by atoms with van der Waals surface area (Å²) in [5.41, 5.74) is 11.6. The van der Waals surface area contributed by atoms with E-state index in [4.69, 9.17) is 23.1 Å². The monoisotopic (exact) mass is 270 g/mol. The van der Waals surface area contributed by atoms with Crippen molar-refractivity contribution >= 4 is 34.8 Å². The highest BCUT2D eigenvalue weighted by atomic mass is 35.5. The molecule has 0 spiro atoms. The Kier molecular flexibility index (Phi) is 4.38. The third-order valence-corrected chi connectivity index (χ3v) is 2.68. The van der Waals surface area contributed by atoms with Gasteiger partial charge in [0.25, 0.3) is 5.91 Å². The van der Waals surface area contributed by atoms with Gasteiger partial charge in [-0.25, -0.2) is 0 Å². The summed E-state index contributed by atoms with van der Waals surface area (Å²) >= 11 is 5.99. The van der Waals surface area contributed by atoms with Crippen molar-refractivity contribution in [3.05, 3.63) is 22.7 Å². The predicted molar refractivity (Wildman–Crippen MR) is 71.5 cm³/mol. The fourth-order valence-corrected chi connectivity index (χ4v) is 1.75. The molecule has 18 heavy (non-hydrogen) atoms. The summed E-state index contributed by atoms with van der Waals surface area (Å²) in [6.45, 7) is 1.64. The van der Waals surface area contributed by atoms with Gasteiger partial charge in [-0.2, -0.15) is 0 Å². The minimum absolute atomic E-state index is 0.149. The number of likely N-dealkylation sites (N-methyl/N-ethyl adjacent to an activating group) is 1. The molecule has 0 bridgehead atoms. The van der Waals surface area contributed by atoms with Crippen molar-refractivity contribution in [3.8, 4) is 0 Å². The lowest BCUT2D eigenvalue weighted by atomic mass is 10.1. The van der Waals surface area contributed by atoms with Gasteiger partial charge in [0.1, 0.15) is 6.04 Å². The number of hydrogen-bond acceptors (Lipinski definition) is 4. The molecule has 6 N–H and O–H groups in total. The second-order valence-electron chi connectivity index (χ2n) is 3.77. The lowest BCUT2D eigenvalue weighted by molar-refractivity contribution is -0.121. The molecule has 7 heteroatoms. The molecule has 0 radical (unpaired) electrons. The second-order valence-corrected chi connectivity index (χ2v) is 4.18. The summed E-state index contributed by atoms with van der Waals surface area (Å²) in [6, 6.07) is 2.33. The van der Waals surface area contributed by atoms with Crippen LogP contribution in [0, 0.1) is 0 Å². The van der Waals surface area contributed by atoms with Gasteiger partial charge in [0.15, 0.2) is 0 Å². The predicted octanol–water partition coefficient (Wildman–Crippen LogP) is 0.567. The minimum Gasteiger partial charge on any atom is -0.399 e. The number of primary amides is 1. The highest BCUT2D eigenvalue weighted by Gasteiger charge is 2.18. The molecule has 0 aliphatic heterocycles. The number of halogens is 1. The summed E-state index contributed by atoms with van der Waals surface area (Å²) in [6.07, 6.45) is 0. The van der Waals surface area contributed by atoms with Crippen LogP contribution < -0.4 is 22.1 Å².